The van der Waals surface area contributed by atoms with Gasteiger partial charge in [0.05, 0.1) is 19.1 Å². The van der Waals surface area contributed by atoms with Gasteiger partial charge in [0.15, 0.2) is 0 Å². The molecule has 0 saturated carbocycles. The minimum Gasteiger partial charge on any atom is -0.395 e. The van der Waals surface area contributed by atoms with Crippen LogP contribution in [-0.2, 0) is 4.79 Å². The van der Waals surface area contributed by atoms with Gasteiger partial charge in [0, 0.05) is 25.3 Å². The van der Waals surface area contributed by atoms with E-state index < -0.39 is 0 Å². The molecule has 0 saturated heterocycles. The number of hydrogen-bond donors (Lipinski definition) is 3. The third-order valence-electron chi connectivity index (χ3n) is 3.18. The van der Waals surface area contributed by atoms with Gasteiger partial charge >= 0.3 is 0 Å². The van der Waals surface area contributed by atoms with Crippen molar-refractivity contribution in [2.45, 2.75) is 5.92 Å². The maximum Gasteiger partial charge on any atom is 0.232 e. The molecule has 0 spiro atoms. The van der Waals surface area contributed by atoms with Crippen molar-refractivity contribution in [1.29, 1.82) is 0 Å². The maximum absolute atomic E-state index is 12.4. The lowest BCUT2D eigenvalue weighted by atomic mass is 10.00. The molecule has 1 heterocycles. The summed E-state index contributed by atoms with van der Waals surface area (Å²) in [5, 5.41) is 21.1. The summed E-state index contributed by atoms with van der Waals surface area (Å²) < 4.78 is 0. The number of aliphatic hydroxyl groups is 2. The second-order valence-electron chi connectivity index (χ2n) is 4.29. The van der Waals surface area contributed by atoms with E-state index in [1.54, 1.807) is 0 Å². The first-order valence-corrected chi connectivity index (χ1v) is 6.11. The number of hydrogen-bond acceptors (Lipinski definition) is 4. The van der Waals surface area contributed by atoms with E-state index in [0.29, 0.717) is 6.54 Å². The third kappa shape index (κ3) is 2.47. The van der Waals surface area contributed by atoms with Gasteiger partial charge in [-0.25, -0.2) is 0 Å². The molecule has 0 bridgehead atoms. The molecule has 5 nitrogen and oxygen atoms in total. The van der Waals surface area contributed by atoms with Crippen LogP contribution >= 0.6 is 0 Å². The second kappa shape index (κ2) is 5.84. The highest BCUT2D eigenvalue weighted by Gasteiger charge is 2.31. The number of nitrogens with zero attached hydrogens (tertiary/aromatic N) is 1. The van der Waals surface area contributed by atoms with Crippen molar-refractivity contribution < 1.29 is 15.0 Å². The molecule has 18 heavy (non-hydrogen) atoms. The Hall–Kier alpha value is -1.59. The van der Waals surface area contributed by atoms with Gasteiger partial charge in [-0.1, -0.05) is 18.2 Å². The van der Waals surface area contributed by atoms with Crippen molar-refractivity contribution in [2.24, 2.45) is 0 Å². The van der Waals surface area contributed by atoms with Gasteiger partial charge in [-0.15, -0.1) is 0 Å². The molecule has 1 aromatic rings. The SMILES string of the molecule is O=C(C1CNc2ccccc21)N(CCO)CCO. The van der Waals surface area contributed by atoms with E-state index in [1.165, 1.54) is 4.90 Å². The summed E-state index contributed by atoms with van der Waals surface area (Å²) in [7, 11) is 0. The molecular weight excluding hydrogens is 232 g/mol. The zero-order valence-corrected chi connectivity index (χ0v) is 10.2. The van der Waals surface area contributed by atoms with Gasteiger partial charge in [-0.3, -0.25) is 4.79 Å². The van der Waals surface area contributed by atoms with Crippen LogP contribution in [0.25, 0.3) is 0 Å². The Morgan fingerprint density at radius 1 is 1.28 bits per heavy atom. The first kappa shape index (κ1) is 12.9. The Labute approximate surface area is 106 Å². The van der Waals surface area contributed by atoms with Crippen LogP contribution in [0.2, 0.25) is 0 Å². The van der Waals surface area contributed by atoms with Crippen LogP contribution < -0.4 is 5.32 Å². The number of amides is 1. The van der Waals surface area contributed by atoms with Gasteiger partial charge < -0.3 is 20.4 Å². The van der Waals surface area contributed by atoms with Gasteiger partial charge in [0.2, 0.25) is 5.91 Å². The number of para-hydroxylation sites is 1. The predicted molar refractivity (Wildman–Crippen MR) is 68.4 cm³/mol. The fourth-order valence-corrected chi connectivity index (χ4v) is 2.30. The Morgan fingerprint density at radius 2 is 1.94 bits per heavy atom. The van der Waals surface area contributed by atoms with Crippen molar-refractivity contribution >= 4 is 11.6 Å². The van der Waals surface area contributed by atoms with Crippen molar-refractivity contribution in [2.75, 3.05) is 38.2 Å². The van der Waals surface area contributed by atoms with E-state index in [9.17, 15) is 4.79 Å². The predicted octanol–water partition coefficient (Wildman–Crippen LogP) is 0.00890. The quantitative estimate of drug-likeness (QED) is 0.688. The molecule has 1 amide bonds. The highest BCUT2D eigenvalue weighted by atomic mass is 16.3. The molecule has 0 aromatic heterocycles. The summed E-state index contributed by atoms with van der Waals surface area (Å²) in [6.45, 7) is 0.919. The number of anilines is 1. The van der Waals surface area contributed by atoms with E-state index in [1.807, 2.05) is 24.3 Å². The van der Waals surface area contributed by atoms with E-state index in [-0.39, 0.29) is 38.1 Å². The van der Waals surface area contributed by atoms with Crippen LogP contribution in [0, 0.1) is 0 Å². The minimum absolute atomic E-state index is 0.0458. The van der Waals surface area contributed by atoms with E-state index in [2.05, 4.69) is 5.32 Å². The smallest absolute Gasteiger partial charge is 0.232 e. The number of rotatable bonds is 5. The van der Waals surface area contributed by atoms with Crippen LogP contribution in [0.15, 0.2) is 24.3 Å². The molecule has 1 aliphatic rings. The number of fused-ring (bicyclic) bond motifs is 1. The maximum atomic E-state index is 12.4. The number of carbonyl (C=O) groups excluding carboxylic acids is 1. The monoisotopic (exact) mass is 250 g/mol. The van der Waals surface area contributed by atoms with Crippen LogP contribution in [0.5, 0.6) is 0 Å². The van der Waals surface area contributed by atoms with Crippen molar-refractivity contribution in [3.8, 4) is 0 Å². The van der Waals surface area contributed by atoms with Crippen molar-refractivity contribution in [3.05, 3.63) is 29.8 Å². The number of nitrogens with one attached hydrogen (secondary N) is 1. The molecule has 0 aliphatic carbocycles. The zero-order chi connectivity index (χ0) is 13.0. The van der Waals surface area contributed by atoms with Crippen LogP contribution in [0.4, 0.5) is 5.69 Å². The summed E-state index contributed by atoms with van der Waals surface area (Å²) in [6, 6.07) is 7.73. The summed E-state index contributed by atoms with van der Waals surface area (Å²) >= 11 is 0. The molecule has 0 radical (unpaired) electrons. The lowest BCUT2D eigenvalue weighted by Gasteiger charge is -2.24. The second-order valence-corrected chi connectivity index (χ2v) is 4.29. The molecule has 2 rings (SSSR count). The summed E-state index contributed by atoms with van der Waals surface area (Å²) in [6.07, 6.45) is 0. The first-order valence-electron chi connectivity index (χ1n) is 6.11. The van der Waals surface area contributed by atoms with Crippen molar-refractivity contribution in [1.82, 2.24) is 4.90 Å². The lowest BCUT2D eigenvalue weighted by molar-refractivity contribution is -0.133. The Kier molecular flexibility index (Phi) is 4.17. The molecule has 98 valence electrons. The Bertz CT molecular complexity index is 416. The normalized spacial score (nSPS) is 17.1. The van der Waals surface area contributed by atoms with E-state index in [0.717, 1.165) is 11.3 Å². The molecule has 0 fully saturated rings. The summed E-state index contributed by atoms with van der Waals surface area (Å²) in [5.74, 6) is -0.269. The molecule has 5 heteroatoms. The minimum atomic E-state index is -0.223. The summed E-state index contributed by atoms with van der Waals surface area (Å²) in [4.78, 5) is 13.9. The van der Waals surface area contributed by atoms with Gasteiger partial charge in [-0.2, -0.15) is 0 Å². The Balaban J connectivity index is 2.14. The fraction of sp³-hybridized carbons (Fsp3) is 0.462. The zero-order valence-electron chi connectivity index (χ0n) is 10.2. The number of carbonyl (C=O) groups is 1. The van der Waals surface area contributed by atoms with Crippen molar-refractivity contribution in [3.63, 3.8) is 0 Å². The molecular formula is C13H18N2O3. The summed E-state index contributed by atoms with van der Waals surface area (Å²) in [5.41, 5.74) is 1.98. The topological polar surface area (TPSA) is 72.8 Å². The number of aliphatic hydroxyl groups excluding tert-OH is 2. The first-order chi connectivity index (χ1) is 8.77. The van der Waals surface area contributed by atoms with Gasteiger partial charge in [-0.05, 0) is 11.6 Å². The largest absolute Gasteiger partial charge is 0.395 e. The average molecular weight is 250 g/mol. The van der Waals surface area contributed by atoms with Crippen LogP contribution in [0.1, 0.15) is 11.5 Å². The molecule has 1 aliphatic heterocycles. The Morgan fingerprint density at radius 3 is 2.61 bits per heavy atom. The highest BCUT2D eigenvalue weighted by molar-refractivity contribution is 5.88. The van der Waals surface area contributed by atoms with E-state index in [4.69, 9.17) is 10.2 Å². The third-order valence-corrected chi connectivity index (χ3v) is 3.18. The number of benzene rings is 1. The highest BCUT2D eigenvalue weighted by Crippen LogP contribution is 2.32. The molecule has 1 unspecified atom stereocenters. The van der Waals surface area contributed by atoms with Gasteiger partial charge in [0.1, 0.15) is 0 Å². The fourth-order valence-electron chi connectivity index (χ4n) is 2.30. The molecule has 3 N–H and O–H groups in total. The standard InChI is InChI=1S/C13H18N2O3/c16-7-5-15(6-8-17)13(18)11-9-14-12-4-2-1-3-10(11)12/h1-4,11,14,16-17H,5-9H2. The molecule has 1 aromatic carbocycles. The molecule has 1 atom stereocenters. The van der Waals surface area contributed by atoms with E-state index >= 15 is 0 Å². The van der Waals surface area contributed by atoms with Crippen LogP contribution in [0.3, 0.4) is 0 Å². The average Bonchev–Trinajstić information content (AvgIpc) is 2.81. The lowest BCUT2D eigenvalue weighted by Crippen LogP contribution is -2.39. The van der Waals surface area contributed by atoms with Gasteiger partial charge in [0.25, 0.3) is 0 Å². The van der Waals surface area contributed by atoms with Crippen LogP contribution in [-0.4, -0.2) is 53.9 Å².